The molecule has 1 aliphatic rings. The minimum Gasteiger partial charge on any atom is -0.385 e. The lowest BCUT2D eigenvalue weighted by Gasteiger charge is -2.23. The van der Waals surface area contributed by atoms with E-state index >= 15 is 0 Å². The molecular formula is C14H22N2. The summed E-state index contributed by atoms with van der Waals surface area (Å²) in [5, 5.41) is 7.07. The van der Waals surface area contributed by atoms with Gasteiger partial charge in [0.25, 0.3) is 0 Å². The molecule has 1 aromatic rings. The Kier molecular flexibility index (Phi) is 4.23. The number of nitrogens with one attached hydrogen (secondary N) is 2. The first-order valence-corrected chi connectivity index (χ1v) is 6.38. The Morgan fingerprint density at radius 3 is 3.06 bits per heavy atom. The van der Waals surface area contributed by atoms with Crippen LogP contribution < -0.4 is 10.6 Å². The van der Waals surface area contributed by atoms with E-state index in [9.17, 15) is 0 Å². The van der Waals surface area contributed by atoms with Crippen molar-refractivity contribution in [2.45, 2.75) is 38.6 Å². The van der Waals surface area contributed by atoms with Crippen molar-refractivity contribution >= 4 is 5.69 Å². The highest BCUT2D eigenvalue weighted by atomic mass is 14.9. The van der Waals surface area contributed by atoms with Crippen molar-refractivity contribution in [3.05, 3.63) is 29.8 Å². The fraction of sp³-hybridized carbons (Fsp3) is 0.571. The Balaban J connectivity index is 1.71. The van der Waals surface area contributed by atoms with Crippen LogP contribution in [-0.2, 0) is 0 Å². The minimum atomic E-state index is 0.728. The topological polar surface area (TPSA) is 24.1 Å². The molecule has 0 bridgehead atoms. The van der Waals surface area contributed by atoms with E-state index in [0.29, 0.717) is 0 Å². The van der Waals surface area contributed by atoms with Gasteiger partial charge in [-0.1, -0.05) is 18.6 Å². The lowest BCUT2D eigenvalue weighted by molar-refractivity contribution is 0.389. The van der Waals surface area contributed by atoms with E-state index in [0.717, 1.165) is 12.6 Å². The minimum absolute atomic E-state index is 0.728. The monoisotopic (exact) mass is 218 g/mol. The first-order chi connectivity index (χ1) is 7.84. The van der Waals surface area contributed by atoms with Gasteiger partial charge in [0.05, 0.1) is 0 Å². The predicted molar refractivity (Wildman–Crippen MR) is 69.9 cm³/mol. The van der Waals surface area contributed by atoms with E-state index in [1.807, 2.05) is 0 Å². The third kappa shape index (κ3) is 3.53. The van der Waals surface area contributed by atoms with Crippen LogP contribution in [-0.4, -0.2) is 19.1 Å². The Hall–Kier alpha value is -1.02. The third-order valence-electron chi connectivity index (χ3n) is 3.25. The van der Waals surface area contributed by atoms with Gasteiger partial charge < -0.3 is 10.6 Å². The van der Waals surface area contributed by atoms with Gasteiger partial charge in [0.15, 0.2) is 0 Å². The van der Waals surface area contributed by atoms with E-state index in [1.165, 1.54) is 43.5 Å². The van der Waals surface area contributed by atoms with E-state index in [4.69, 9.17) is 0 Å². The molecule has 2 heteroatoms. The van der Waals surface area contributed by atoms with Gasteiger partial charge in [-0.15, -0.1) is 0 Å². The van der Waals surface area contributed by atoms with Crippen molar-refractivity contribution in [2.24, 2.45) is 0 Å². The van der Waals surface area contributed by atoms with Crippen molar-refractivity contribution in [3.8, 4) is 0 Å². The van der Waals surface area contributed by atoms with E-state index in [-0.39, 0.29) is 0 Å². The molecule has 0 spiro atoms. The number of hydrogen-bond acceptors (Lipinski definition) is 2. The van der Waals surface area contributed by atoms with E-state index < -0.39 is 0 Å². The van der Waals surface area contributed by atoms with Crippen LogP contribution in [0.2, 0.25) is 0 Å². The van der Waals surface area contributed by atoms with Crippen LogP contribution in [0, 0.1) is 6.92 Å². The van der Waals surface area contributed by atoms with E-state index in [2.05, 4.69) is 41.8 Å². The molecule has 2 nitrogen and oxygen atoms in total. The zero-order chi connectivity index (χ0) is 11.2. The smallest absolute Gasteiger partial charge is 0.0342 e. The zero-order valence-electron chi connectivity index (χ0n) is 10.1. The van der Waals surface area contributed by atoms with Gasteiger partial charge in [-0.25, -0.2) is 0 Å². The third-order valence-corrected chi connectivity index (χ3v) is 3.25. The number of aryl methyl sites for hydroxylation is 1. The largest absolute Gasteiger partial charge is 0.385 e. The van der Waals surface area contributed by atoms with Gasteiger partial charge in [-0.05, 0) is 50.4 Å². The van der Waals surface area contributed by atoms with Crippen LogP contribution in [0.5, 0.6) is 0 Å². The van der Waals surface area contributed by atoms with Crippen LogP contribution >= 0.6 is 0 Å². The molecule has 0 radical (unpaired) electrons. The SMILES string of the molecule is Cc1cccc(NCCC2CCCCN2)c1. The average molecular weight is 218 g/mol. The second-order valence-corrected chi connectivity index (χ2v) is 4.73. The van der Waals surface area contributed by atoms with Crippen LogP contribution in [0.25, 0.3) is 0 Å². The molecule has 0 aliphatic carbocycles. The number of rotatable bonds is 4. The fourth-order valence-electron chi connectivity index (χ4n) is 2.32. The summed E-state index contributed by atoms with van der Waals surface area (Å²) in [6, 6.07) is 9.31. The normalized spacial score (nSPS) is 20.7. The summed E-state index contributed by atoms with van der Waals surface area (Å²) in [4.78, 5) is 0. The lowest BCUT2D eigenvalue weighted by atomic mass is 10.0. The number of anilines is 1. The van der Waals surface area contributed by atoms with E-state index in [1.54, 1.807) is 0 Å². The second-order valence-electron chi connectivity index (χ2n) is 4.73. The van der Waals surface area contributed by atoms with Crippen LogP contribution in [0.3, 0.4) is 0 Å². The summed E-state index contributed by atoms with van der Waals surface area (Å²) in [5.74, 6) is 0. The van der Waals surface area contributed by atoms with Crippen molar-refractivity contribution in [1.29, 1.82) is 0 Å². The molecular weight excluding hydrogens is 196 g/mol. The van der Waals surface area contributed by atoms with Crippen molar-refractivity contribution in [2.75, 3.05) is 18.4 Å². The van der Waals surface area contributed by atoms with Crippen LogP contribution in [0.1, 0.15) is 31.2 Å². The van der Waals surface area contributed by atoms with Gasteiger partial charge in [0.1, 0.15) is 0 Å². The first-order valence-electron chi connectivity index (χ1n) is 6.38. The van der Waals surface area contributed by atoms with Crippen LogP contribution in [0.15, 0.2) is 24.3 Å². The van der Waals surface area contributed by atoms with Gasteiger partial charge in [0, 0.05) is 18.3 Å². The summed E-state index contributed by atoms with van der Waals surface area (Å²) >= 11 is 0. The summed E-state index contributed by atoms with van der Waals surface area (Å²) < 4.78 is 0. The molecule has 2 rings (SSSR count). The summed E-state index contributed by atoms with van der Waals surface area (Å²) in [6.45, 7) is 4.41. The standard InChI is InChI=1S/C14H22N2/c1-12-5-4-7-14(11-12)16-10-8-13-6-2-3-9-15-13/h4-5,7,11,13,15-16H,2-3,6,8-10H2,1H3. The molecule has 2 N–H and O–H groups in total. The number of hydrogen-bond donors (Lipinski definition) is 2. The molecule has 0 amide bonds. The van der Waals surface area contributed by atoms with Crippen LogP contribution in [0.4, 0.5) is 5.69 Å². The number of piperidine rings is 1. The summed E-state index contributed by atoms with van der Waals surface area (Å²) in [6.07, 6.45) is 5.31. The maximum Gasteiger partial charge on any atom is 0.0342 e. The second kappa shape index (κ2) is 5.90. The highest BCUT2D eigenvalue weighted by Crippen LogP contribution is 2.12. The average Bonchev–Trinajstić information content (AvgIpc) is 2.30. The Labute approximate surface area is 98.4 Å². The molecule has 1 atom stereocenters. The molecule has 1 heterocycles. The van der Waals surface area contributed by atoms with Gasteiger partial charge in [-0.3, -0.25) is 0 Å². The van der Waals surface area contributed by atoms with Gasteiger partial charge >= 0.3 is 0 Å². The molecule has 1 saturated heterocycles. The quantitative estimate of drug-likeness (QED) is 0.812. The molecule has 0 aromatic heterocycles. The van der Waals surface area contributed by atoms with Gasteiger partial charge in [-0.2, -0.15) is 0 Å². The Morgan fingerprint density at radius 2 is 2.31 bits per heavy atom. The molecule has 0 saturated carbocycles. The first kappa shape index (κ1) is 11.5. The molecule has 1 aliphatic heterocycles. The van der Waals surface area contributed by atoms with Gasteiger partial charge in [0.2, 0.25) is 0 Å². The lowest BCUT2D eigenvalue weighted by Crippen LogP contribution is -2.35. The number of benzene rings is 1. The Morgan fingerprint density at radius 1 is 1.38 bits per heavy atom. The zero-order valence-corrected chi connectivity index (χ0v) is 10.1. The maximum atomic E-state index is 3.58. The fourth-order valence-corrected chi connectivity index (χ4v) is 2.32. The highest BCUT2D eigenvalue weighted by molar-refractivity contribution is 5.45. The molecule has 1 fully saturated rings. The molecule has 1 aromatic carbocycles. The molecule has 16 heavy (non-hydrogen) atoms. The Bertz CT molecular complexity index is 316. The van der Waals surface area contributed by atoms with Crippen molar-refractivity contribution in [1.82, 2.24) is 5.32 Å². The predicted octanol–water partition coefficient (Wildman–Crippen LogP) is 2.94. The highest BCUT2D eigenvalue weighted by Gasteiger charge is 2.11. The summed E-state index contributed by atoms with van der Waals surface area (Å²) in [5.41, 5.74) is 2.57. The van der Waals surface area contributed by atoms with Crippen molar-refractivity contribution in [3.63, 3.8) is 0 Å². The van der Waals surface area contributed by atoms with Crippen molar-refractivity contribution < 1.29 is 0 Å². The maximum absolute atomic E-state index is 3.58. The molecule has 1 unspecified atom stereocenters. The molecule has 88 valence electrons. The summed E-state index contributed by atoms with van der Waals surface area (Å²) in [7, 11) is 0.